The van der Waals surface area contributed by atoms with E-state index in [0.717, 1.165) is 13.0 Å². The lowest BCUT2D eigenvalue weighted by Gasteiger charge is -2.31. The van der Waals surface area contributed by atoms with Crippen molar-refractivity contribution in [2.45, 2.75) is 12.8 Å². The maximum atomic E-state index is 11.0. The van der Waals surface area contributed by atoms with Gasteiger partial charge in [0.15, 0.2) is 5.82 Å². The van der Waals surface area contributed by atoms with Gasteiger partial charge in [-0.1, -0.05) is 11.6 Å². The van der Waals surface area contributed by atoms with Crippen LogP contribution in [-0.2, 0) is 4.79 Å². The summed E-state index contributed by atoms with van der Waals surface area (Å²) in [4.78, 5) is 20.6. The molecule has 0 radical (unpaired) electrons. The molecule has 1 saturated heterocycles. The third-order valence-corrected chi connectivity index (χ3v) is 3.22. The van der Waals surface area contributed by atoms with E-state index in [2.05, 4.69) is 9.97 Å². The minimum Gasteiger partial charge on any atom is -0.481 e. The van der Waals surface area contributed by atoms with Crippen LogP contribution in [0, 0.1) is 5.92 Å². The summed E-state index contributed by atoms with van der Waals surface area (Å²) < 4.78 is 0. The van der Waals surface area contributed by atoms with Gasteiger partial charge in [-0.2, -0.15) is 4.98 Å². The molecule has 1 unspecified atom stereocenters. The summed E-state index contributed by atoms with van der Waals surface area (Å²) >= 11 is 11.7. The van der Waals surface area contributed by atoms with Gasteiger partial charge in [0.1, 0.15) is 5.02 Å². The summed E-state index contributed by atoms with van der Waals surface area (Å²) in [6.07, 6.45) is 2.91. The van der Waals surface area contributed by atoms with Crippen molar-refractivity contribution in [3.05, 3.63) is 16.5 Å². The Labute approximate surface area is 108 Å². The van der Waals surface area contributed by atoms with E-state index in [1.165, 1.54) is 6.20 Å². The first kappa shape index (κ1) is 12.4. The van der Waals surface area contributed by atoms with E-state index in [-0.39, 0.29) is 11.2 Å². The molecule has 1 aliphatic rings. The summed E-state index contributed by atoms with van der Waals surface area (Å²) in [6.45, 7) is 1.14. The van der Waals surface area contributed by atoms with Crippen LogP contribution in [0.25, 0.3) is 0 Å². The first-order chi connectivity index (χ1) is 8.08. The Morgan fingerprint density at radius 1 is 1.53 bits per heavy atom. The van der Waals surface area contributed by atoms with Crippen LogP contribution in [0.1, 0.15) is 12.8 Å². The standard InChI is InChI=1S/C10H11Cl2N3O2/c11-7-4-13-10(12)14-8(7)15-3-1-2-6(5-15)9(16)17/h4,6H,1-3,5H2,(H,16,17). The van der Waals surface area contributed by atoms with E-state index in [4.69, 9.17) is 28.3 Å². The molecule has 0 spiro atoms. The zero-order valence-electron chi connectivity index (χ0n) is 8.94. The molecule has 17 heavy (non-hydrogen) atoms. The second-order valence-corrected chi connectivity index (χ2v) is 4.68. The highest BCUT2D eigenvalue weighted by Gasteiger charge is 2.27. The van der Waals surface area contributed by atoms with Crippen LogP contribution < -0.4 is 4.90 Å². The monoisotopic (exact) mass is 275 g/mol. The molecule has 2 rings (SSSR count). The molecule has 1 aromatic heterocycles. The fourth-order valence-corrected chi connectivity index (χ4v) is 2.27. The van der Waals surface area contributed by atoms with Gasteiger partial charge in [-0.3, -0.25) is 4.79 Å². The van der Waals surface area contributed by atoms with Crippen LogP contribution in [0.4, 0.5) is 5.82 Å². The van der Waals surface area contributed by atoms with Crippen molar-refractivity contribution >= 4 is 35.0 Å². The van der Waals surface area contributed by atoms with E-state index in [9.17, 15) is 4.79 Å². The number of carboxylic acids is 1. The summed E-state index contributed by atoms with van der Waals surface area (Å²) in [5, 5.41) is 9.51. The molecular formula is C10H11Cl2N3O2. The Morgan fingerprint density at radius 3 is 3.00 bits per heavy atom. The lowest BCUT2D eigenvalue weighted by Crippen LogP contribution is -2.39. The van der Waals surface area contributed by atoms with Crippen molar-refractivity contribution in [1.82, 2.24) is 9.97 Å². The summed E-state index contributed by atoms with van der Waals surface area (Å²) in [6, 6.07) is 0. The maximum Gasteiger partial charge on any atom is 0.308 e. The van der Waals surface area contributed by atoms with Crippen molar-refractivity contribution in [1.29, 1.82) is 0 Å². The number of rotatable bonds is 2. The van der Waals surface area contributed by atoms with Crippen molar-refractivity contribution in [3.63, 3.8) is 0 Å². The maximum absolute atomic E-state index is 11.0. The quantitative estimate of drug-likeness (QED) is 0.838. The second-order valence-electron chi connectivity index (χ2n) is 3.93. The molecular weight excluding hydrogens is 265 g/mol. The number of nitrogens with zero attached hydrogens (tertiary/aromatic N) is 3. The molecule has 1 aliphatic heterocycles. The molecule has 7 heteroatoms. The van der Waals surface area contributed by atoms with E-state index < -0.39 is 5.97 Å². The Morgan fingerprint density at radius 2 is 2.29 bits per heavy atom. The number of carboxylic acid groups (broad SMARTS) is 1. The lowest BCUT2D eigenvalue weighted by atomic mass is 9.98. The molecule has 0 amide bonds. The topological polar surface area (TPSA) is 66.3 Å². The van der Waals surface area contributed by atoms with E-state index in [0.29, 0.717) is 23.8 Å². The van der Waals surface area contributed by atoms with E-state index in [1.807, 2.05) is 4.90 Å². The molecule has 0 saturated carbocycles. The van der Waals surface area contributed by atoms with Crippen LogP contribution in [0.15, 0.2) is 6.20 Å². The first-order valence-electron chi connectivity index (χ1n) is 5.23. The van der Waals surface area contributed by atoms with Gasteiger partial charge in [0.05, 0.1) is 12.1 Å². The number of aliphatic carboxylic acids is 1. The summed E-state index contributed by atoms with van der Waals surface area (Å²) in [7, 11) is 0. The van der Waals surface area contributed by atoms with Gasteiger partial charge in [0.25, 0.3) is 0 Å². The SMILES string of the molecule is O=C(O)C1CCCN(c2nc(Cl)ncc2Cl)C1. The zero-order chi connectivity index (χ0) is 12.4. The molecule has 0 bridgehead atoms. The first-order valence-corrected chi connectivity index (χ1v) is 5.99. The van der Waals surface area contributed by atoms with Crippen LogP contribution >= 0.6 is 23.2 Å². The molecule has 1 atom stereocenters. The Bertz CT molecular complexity index is 442. The highest BCUT2D eigenvalue weighted by molar-refractivity contribution is 6.33. The molecule has 92 valence electrons. The van der Waals surface area contributed by atoms with E-state index >= 15 is 0 Å². The Hall–Kier alpha value is -1.07. The number of hydrogen-bond donors (Lipinski definition) is 1. The number of halogens is 2. The Kier molecular flexibility index (Phi) is 3.69. The summed E-state index contributed by atoms with van der Waals surface area (Å²) in [5.74, 6) is -0.655. The second kappa shape index (κ2) is 5.06. The van der Waals surface area contributed by atoms with Gasteiger partial charge in [-0.05, 0) is 24.4 Å². The minimum absolute atomic E-state index is 0.113. The highest BCUT2D eigenvalue weighted by Crippen LogP contribution is 2.28. The molecule has 1 fully saturated rings. The highest BCUT2D eigenvalue weighted by atomic mass is 35.5. The number of hydrogen-bond acceptors (Lipinski definition) is 4. The number of carbonyl (C=O) groups is 1. The minimum atomic E-state index is -0.786. The molecule has 2 heterocycles. The zero-order valence-corrected chi connectivity index (χ0v) is 10.4. The van der Waals surface area contributed by atoms with Crippen molar-refractivity contribution in [2.24, 2.45) is 5.92 Å². The number of piperidine rings is 1. The van der Waals surface area contributed by atoms with E-state index in [1.54, 1.807) is 0 Å². The van der Waals surface area contributed by atoms with Crippen molar-refractivity contribution in [3.8, 4) is 0 Å². The van der Waals surface area contributed by atoms with Crippen molar-refractivity contribution < 1.29 is 9.90 Å². The average molecular weight is 276 g/mol. The average Bonchev–Trinajstić information content (AvgIpc) is 2.32. The fourth-order valence-electron chi connectivity index (χ4n) is 1.93. The van der Waals surface area contributed by atoms with Crippen LogP contribution in [-0.4, -0.2) is 34.1 Å². The van der Waals surface area contributed by atoms with Crippen LogP contribution in [0.3, 0.4) is 0 Å². The molecule has 5 nitrogen and oxygen atoms in total. The normalized spacial score (nSPS) is 20.4. The predicted molar refractivity (Wildman–Crippen MR) is 64.6 cm³/mol. The number of anilines is 1. The third kappa shape index (κ3) is 2.79. The third-order valence-electron chi connectivity index (χ3n) is 2.77. The molecule has 1 N–H and O–H groups in total. The van der Waals surface area contributed by atoms with Gasteiger partial charge in [-0.15, -0.1) is 0 Å². The number of aromatic nitrogens is 2. The van der Waals surface area contributed by atoms with Gasteiger partial charge < -0.3 is 10.0 Å². The fraction of sp³-hybridized carbons (Fsp3) is 0.500. The molecule has 0 aliphatic carbocycles. The van der Waals surface area contributed by atoms with Crippen molar-refractivity contribution in [2.75, 3.05) is 18.0 Å². The lowest BCUT2D eigenvalue weighted by molar-refractivity contribution is -0.141. The summed E-state index contributed by atoms with van der Waals surface area (Å²) in [5.41, 5.74) is 0. The predicted octanol–water partition coefficient (Wildman–Crippen LogP) is 2.08. The molecule has 1 aromatic rings. The van der Waals surface area contributed by atoms with Gasteiger partial charge >= 0.3 is 5.97 Å². The Balaban J connectivity index is 2.21. The van der Waals surface area contributed by atoms with Gasteiger partial charge in [-0.25, -0.2) is 4.98 Å². The van der Waals surface area contributed by atoms with Crippen LogP contribution in [0.2, 0.25) is 10.3 Å². The van der Waals surface area contributed by atoms with Gasteiger partial charge in [0, 0.05) is 13.1 Å². The van der Waals surface area contributed by atoms with Crippen LogP contribution in [0.5, 0.6) is 0 Å². The largest absolute Gasteiger partial charge is 0.481 e. The molecule has 0 aromatic carbocycles. The smallest absolute Gasteiger partial charge is 0.308 e. The van der Waals surface area contributed by atoms with Gasteiger partial charge in [0.2, 0.25) is 5.28 Å².